The van der Waals surface area contributed by atoms with Crippen molar-refractivity contribution in [3.8, 4) is 0 Å². The molecule has 2 heterocycles. The van der Waals surface area contributed by atoms with Gasteiger partial charge in [-0.1, -0.05) is 12.1 Å². The Bertz CT molecular complexity index is 654. The van der Waals surface area contributed by atoms with Crippen LogP contribution >= 0.6 is 11.3 Å². The molecule has 1 atom stereocenters. The lowest BCUT2D eigenvalue weighted by Crippen LogP contribution is -2.53. The molecule has 1 aromatic carbocycles. The van der Waals surface area contributed by atoms with Gasteiger partial charge in [0.05, 0.1) is 6.04 Å². The Morgan fingerprint density at radius 3 is 2.62 bits per heavy atom. The summed E-state index contributed by atoms with van der Waals surface area (Å²) in [6, 6.07) is 6.01. The minimum absolute atomic E-state index is 0.00187. The minimum atomic E-state index is -0.267. The molecule has 0 unspecified atom stereocenters. The Labute approximate surface area is 145 Å². The van der Waals surface area contributed by atoms with Gasteiger partial charge in [0.25, 0.3) is 0 Å². The van der Waals surface area contributed by atoms with Gasteiger partial charge >= 0.3 is 0 Å². The molecule has 2 aromatic rings. The number of aromatic nitrogens is 1. The second kappa shape index (κ2) is 7.72. The van der Waals surface area contributed by atoms with E-state index in [1.54, 1.807) is 23.5 Å². The molecular weight excluding hydrogens is 327 g/mol. The lowest BCUT2D eigenvalue weighted by Gasteiger charge is -2.37. The molecule has 1 amide bonds. The number of thiazole rings is 1. The van der Waals surface area contributed by atoms with Gasteiger partial charge in [0.2, 0.25) is 5.91 Å². The van der Waals surface area contributed by atoms with Crippen molar-refractivity contribution in [1.29, 1.82) is 0 Å². The highest BCUT2D eigenvalue weighted by Gasteiger charge is 2.26. The van der Waals surface area contributed by atoms with Gasteiger partial charge in [0.1, 0.15) is 5.82 Å². The zero-order chi connectivity index (χ0) is 16.9. The smallest absolute Gasteiger partial charge is 0.237 e. The summed E-state index contributed by atoms with van der Waals surface area (Å²) in [7, 11) is 0. The molecule has 7 heteroatoms. The van der Waals surface area contributed by atoms with Crippen LogP contribution in [0.15, 0.2) is 35.8 Å². The highest BCUT2D eigenvalue weighted by Crippen LogP contribution is 2.19. The standard InChI is InChI=1S/C17H21FN4OS/c1-13(16(23)20-12-14-2-4-15(18)5-3-14)21-7-9-22(10-8-21)17-19-6-11-24-17/h2-6,11,13H,7-10,12H2,1H3,(H,20,23)/t13-/m0/s1. The number of amides is 1. The molecule has 1 aliphatic heterocycles. The van der Waals surface area contributed by atoms with Gasteiger partial charge in [-0.05, 0) is 24.6 Å². The Hall–Kier alpha value is -1.99. The Morgan fingerprint density at radius 2 is 2.00 bits per heavy atom. The summed E-state index contributed by atoms with van der Waals surface area (Å²) >= 11 is 1.64. The summed E-state index contributed by atoms with van der Waals surface area (Å²) in [5, 5.41) is 5.95. The van der Waals surface area contributed by atoms with Gasteiger partial charge in [-0.25, -0.2) is 9.37 Å². The first kappa shape index (κ1) is 16.9. The van der Waals surface area contributed by atoms with E-state index < -0.39 is 0 Å². The lowest BCUT2D eigenvalue weighted by molar-refractivity contribution is -0.126. The van der Waals surface area contributed by atoms with Crippen LogP contribution in [0.4, 0.5) is 9.52 Å². The fourth-order valence-corrected chi connectivity index (χ4v) is 3.47. The van der Waals surface area contributed by atoms with Crippen molar-refractivity contribution >= 4 is 22.4 Å². The predicted molar refractivity (Wildman–Crippen MR) is 93.6 cm³/mol. The van der Waals surface area contributed by atoms with E-state index in [2.05, 4.69) is 20.1 Å². The molecule has 1 fully saturated rings. The first-order valence-electron chi connectivity index (χ1n) is 8.04. The average Bonchev–Trinajstić information content (AvgIpc) is 3.15. The van der Waals surface area contributed by atoms with Crippen LogP contribution in [0.1, 0.15) is 12.5 Å². The Morgan fingerprint density at radius 1 is 1.29 bits per heavy atom. The SMILES string of the molecule is C[C@@H](C(=O)NCc1ccc(F)cc1)N1CCN(c2nccs2)CC1. The van der Waals surface area contributed by atoms with Gasteiger partial charge in [0, 0.05) is 44.3 Å². The minimum Gasteiger partial charge on any atom is -0.351 e. The van der Waals surface area contributed by atoms with E-state index in [0.29, 0.717) is 6.54 Å². The van der Waals surface area contributed by atoms with Gasteiger partial charge in [-0.3, -0.25) is 9.69 Å². The van der Waals surface area contributed by atoms with Crippen LogP contribution in [0.25, 0.3) is 0 Å². The van der Waals surface area contributed by atoms with Crippen molar-refractivity contribution in [2.75, 3.05) is 31.1 Å². The maximum absolute atomic E-state index is 12.9. The summed E-state index contributed by atoms with van der Waals surface area (Å²) < 4.78 is 12.9. The maximum Gasteiger partial charge on any atom is 0.237 e. The number of piperazine rings is 1. The number of hydrogen-bond acceptors (Lipinski definition) is 5. The van der Waals surface area contributed by atoms with Crippen LogP contribution < -0.4 is 10.2 Å². The van der Waals surface area contributed by atoms with Crippen molar-refractivity contribution in [2.24, 2.45) is 0 Å². The molecule has 1 aliphatic rings. The number of benzene rings is 1. The second-order valence-corrected chi connectivity index (χ2v) is 6.73. The molecule has 0 saturated carbocycles. The van der Waals surface area contributed by atoms with Crippen LogP contribution in [0, 0.1) is 5.82 Å². The molecule has 128 valence electrons. The van der Waals surface area contributed by atoms with E-state index in [9.17, 15) is 9.18 Å². The van der Waals surface area contributed by atoms with Gasteiger partial charge in [-0.15, -0.1) is 11.3 Å². The molecule has 0 aliphatic carbocycles. The Balaban J connectivity index is 1.46. The van der Waals surface area contributed by atoms with Crippen LogP contribution in [-0.4, -0.2) is 48.0 Å². The summed E-state index contributed by atoms with van der Waals surface area (Å²) in [4.78, 5) is 21.1. The molecule has 5 nitrogen and oxygen atoms in total. The third kappa shape index (κ3) is 4.10. The lowest BCUT2D eigenvalue weighted by atomic mass is 10.2. The number of carbonyl (C=O) groups excluding carboxylic acids is 1. The van der Waals surface area contributed by atoms with E-state index in [4.69, 9.17) is 0 Å². The zero-order valence-corrected chi connectivity index (χ0v) is 14.4. The van der Waals surface area contributed by atoms with Crippen molar-refractivity contribution in [2.45, 2.75) is 19.5 Å². The first-order chi connectivity index (χ1) is 11.6. The van der Waals surface area contributed by atoms with E-state index in [0.717, 1.165) is 36.9 Å². The van der Waals surface area contributed by atoms with E-state index >= 15 is 0 Å². The van der Waals surface area contributed by atoms with Crippen LogP contribution in [0.3, 0.4) is 0 Å². The molecule has 1 N–H and O–H groups in total. The number of carbonyl (C=O) groups is 1. The molecule has 0 spiro atoms. The molecule has 1 saturated heterocycles. The number of rotatable bonds is 5. The number of nitrogens with zero attached hydrogens (tertiary/aromatic N) is 3. The summed E-state index contributed by atoms with van der Waals surface area (Å²) in [6.07, 6.45) is 1.82. The fourth-order valence-electron chi connectivity index (χ4n) is 2.78. The average molecular weight is 348 g/mol. The van der Waals surface area contributed by atoms with Crippen LogP contribution in [-0.2, 0) is 11.3 Å². The van der Waals surface area contributed by atoms with Crippen LogP contribution in [0.2, 0.25) is 0 Å². The fraction of sp³-hybridized carbons (Fsp3) is 0.412. The number of anilines is 1. The van der Waals surface area contributed by atoms with Crippen molar-refractivity contribution in [3.05, 3.63) is 47.2 Å². The third-order valence-electron chi connectivity index (χ3n) is 4.31. The van der Waals surface area contributed by atoms with Gasteiger partial charge < -0.3 is 10.2 Å². The highest BCUT2D eigenvalue weighted by atomic mass is 32.1. The summed E-state index contributed by atoms with van der Waals surface area (Å²) in [5.74, 6) is -0.265. The van der Waals surface area contributed by atoms with Crippen molar-refractivity contribution < 1.29 is 9.18 Å². The summed E-state index contributed by atoms with van der Waals surface area (Å²) in [5.41, 5.74) is 0.894. The van der Waals surface area contributed by atoms with Gasteiger partial charge in [0.15, 0.2) is 5.13 Å². The monoisotopic (exact) mass is 348 g/mol. The van der Waals surface area contributed by atoms with E-state index in [1.807, 2.05) is 18.5 Å². The summed E-state index contributed by atoms with van der Waals surface area (Å²) in [6.45, 7) is 5.78. The molecule has 1 aromatic heterocycles. The predicted octanol–water partition coefficient (Wildman–Crippen LogP) is 2.11. The van der Waals surface area contributed by atoms with Gasteiger partial charge in [-0.2, -0.15) is 0 Å². The third-order valence-corrected chi connectivity index (χ3v) is 5.14. The largest absolute Gasteiger partial charge is 0.351 e. The molecule has 24 heavy (non-hydrogen) atoms. The normalized spacial score (nSPS) is 16.8. The zero-order valence-electron chi connectivity index (χ0n) is 13.6. The van der Waals surface area contributed by atoms with Crippen molar-refractivity contribution in [1.82, 2.24) is 15.2 Å². The maximum atomic E-state index is 12.9. The molecule has 3 rings (SSSR count). The molecular formula is C17H21FN4OS. The number of nitrogens with one attached hydrogen (secondary N) is 1. The second-order valence-electron chi connectivity index (χ2n) is 5.86. The van der Waals surface area contributed by atoms with E-state index in [1.165, 1.54) is 12.1 Å². The van der Waals surface area contributed by atoms with Crippen LogP contribution in [0.5, 0.6) is 0 Å². The highest BCUT2D eigenvalue weighted by molar-refractivity contribution is 7.13. The Kier molecular flexibility index (Phi) is 5.42. The number of halogens is 1. The molecule has 0 radical (unpaired) electrons. The topological polar surface area (TPSA) is 48.5 Å². The van der Waals surface area contributed by atoms with E-state index in [-0.39, 0.29) is 17.8 Å². The van der Waals surface area contributed by atoms with Crippen molar-refractivity contribution in [3.63, 3.8) is 0 Å². The molecule has 0 bridgehead atoms. The first-order valence-corrected chi connectivity index (χ1v) is 8.92. The quantitative estimate of drug-likeness (QED) is 0.899. The number of hydrogen-bond donors (Lipinski definition) is 1.